The lowest BCUT2D eigenvalue weighted by atomic mass is 10.3. The molecule has 0 bridgehead atoms. The summed E-state index contributed by atoms with van der Waals surface area (Å²) in [5, 5.41) is -0.0108. The number of esters is 1. The molecule has 22 heavy (non-hydrogen) atoms. The summed E-state index contributed by atoms with van der Waals surface area (Å²) < 4.78 is 47.7. The van der Waals surface area contributed by atoms with E-state index in [-0.39, 0.29) is 22.4 Å². The Morgan fingerprint density at radius 1 is 1.36 bits per heavy atom. The highest BCUT2D eigenvalue weighted by molar-refractivity contribution is 7.98. The Morgan fingerprint density at radius 2 is 2.09 bits per heavy atom. The zero-order valence-electron chi connectivity index (χ0n) is 11.6. The third-order valence-corrected chi connectivity index (χ3v) is 3.39. The van der Waals surface area contributed by atoms with E-state index in [2.05, 4.69) is 14.7 Å². The number of hydrogen-bond donors (Lipinski definition) is 0. The number of aromatic nitrogens is 2. The number of aryl methyl sites for hydroxylation is 1. The van der Waals surface area contributed by atoms with Gasteiger partial charge in [-0.1, -0.05) is 11.8 Å². The molecular formula is C13H11F3N2O3S. The summed E-state index contributed by atoms with van der Waals surface area (Å²) in [6, 6.07) is 3.85. The Kier molecular flexibility index (Phi) is 4.74. The van der Waals surface area contributed by atoms with E-state index < -0.39 is 17.8 Å². The first-order chi connectivity index (χ1) is 10.3. The van der Waals surface area contributed by atoms with Crippen LogP contribution in [0.5, 0.6) is 0 Å². The third kappa shape index (κ3) is 4.00. The standard InChI is InChI=1S/C13H11F3N2O3S/c1-7-5-10(13(14,15)16)18-12(17-7)22-6-8-3-4-9(21-8)11(19)20-2/h3-5H,6H2,1-2H3. The van der Waals surface area contributed by atoms with Gasteiger partial charge in [0.2, 0.25) is 5.76 Å². The van der Waals surface area contributed by atoms with Gasteiger partial charge in [0.15, 0.2) is 5.16 Å². The Morgan fingerprint density at radius 3 is 2.73 bits per heavy atom. The van der Waals surface area contributed by atoms with Gasteiger partial charge in [-0.25, -0.2) is 14.8 Å². The van der Waals surface area contributed by atoms with E-state index in [9.17, 15) is 18.0 Å². The van der Waals surface area contributed by atoms with Crippen LogP contribution < -0.4 is 0 Å². The Balaban J connectivity index is 2.10. The molecule has 0 saturated carbocycles. The van der Waals surface area contributed by atoms with Gasteiger partial charge in [0.1, 0.15) is 11.5 Å². The molecule has 0 atom stereocenters. The maximum Gasteiger partial charge on any atom is 0.433 e. The highest BCUT2D eigenvalue weighted by Gasteiger charge is 2.33. The zero-order chi connectivity index (χ0) is 16.3. The SMILES string of the molecule is COC(=O)c1ccc(CSc2nc(C)cc(C(F)(F)F)n2)o1. The van der Waals surface area contributed by atoms with Crippen molar-refractivity contribution in [3.05, 3.63) is 41.1 Å². The maximum atomic E-state index is 12.7. The average Bonchev–Trinajstić information content (AvgIpc) is 2.91. The highest BCUT2D eigenvalue weighted by Crippen LogP contribution is 2.30. The van der Waals surface area contributed by atoms with Crippen LogP contribution in [0.1, 0.15) is 27.7 Å². The quantitative estimate of drug-likeness (QED) is 0.485. The van der Waals surface area contributed by atoms with Crippen molar-refractivity contribution in [2.45, 2.75) is 24.0 Å². The van der Waals surface area contributed by atoms with Crippen molar-refractivity contribution in [3.63, 3.8) is 0 Å². The van der Waals surface area contributed by atoms with E-state index in [4.69, 9.17) is 4.42 Å². The minimum atomic E-state index is -4.52. The first-order valence-electron chi connectivity index (χ1n) is 6.02. The fraction of sp³-hybridized carbons (Fsp3) is 0.308. The van der Waals surface area contributed by atoms with Crippen molar-refractivity contribution in [3.8, 4) is 0 Å². The van der Waals surface area contributed by atoms with Crippen LogP contribution in [0.3, 0.4) is 0 Å². The van der Waals surface area contributed by atoms with E-state index in [0.717, 1.165) is 17.8 Å². The second-order valence-electron chi connectivity index (χ2n) is 4.22. The number of furan rings is 1. The number of alkyl halides is 3. The smallest absolute Gasteiger partial charge is 0.433 e. The van der Waals surface area contributed by atoms with E-state index >= 15 is 0 Å². The molecule has 0 aliphatic heterocycles. The largest absolute Gasteiger partial charge is 0.463 e. The Labute approximate surface area is 127 Å². The van der Waals surface area contributed by atoms with Crippen molar-refractivity contribution < 1.29 is 27.1 Å². The number of halogens is 3. The number of rotatable bonds is 4. The van der Waals surface area contributed by atoms with Gasteiger partial charge >= 0.3 is 12.1 Å². The van der Waals surface area contributed by atoms with E-state index in [0.29, 0.717) is 5.76 Å². The molecule has 0 aromatic carbocycles. The van der Waals surface area contributed by atoms with E-state index in [1.165, 1.54) is 20.1 Å². The molecule has 0 N–H and O–H groups in total. The molecule has 0 aliphatic rings. The van der Waals surface area contributed by atoms with Crippen molar-refractivity contribution in [2.75, 3.05) is 7.11 Å². The molecule has 0 spiro atoms. The fourth-order valence-corrected chi connectivity index (χ4v) is 2.35. The summed E-state index contributed by atoms with van der Waals surface area (Å²) in [6.45, 7) is 1.46. The number of carbonyl (C=O) groups excluding carboxylic acids is 1. The van der Waals surface area contributed by atoms with Crippen molar-refractivity contribution in [1.29, 1.82) is 0 Å². The summed E-state index contributed by atoms with van der Waals surface area (Å²) in [5.41, 5.74) is -0.767. The normalized spacial score (nSPS) is 11.5. The van der Waals surface area contributed by atoms with Gasteiger partial charge in [0, 0.05) is 5.69 Å². The van der Waals surface area contributed by atoms with Gasteiger partial charge in [0.25, 0.3) is 0 Å². The highest BCUT2D eigenvalue weighted by atomic mass is 32.2. The second-order valence-corrected chi connectivity index (χ2v) is 5.16. The van der Waals surface area contributed by atoms with Gasteiger partial charge < -0.3 is 9.15 Å². The van der Waals surface area contributed by atoms with Gasteiger partial charge in [-0.2, -0.15) is 13.2 Å². The molecule has 0 amide bonds. The predicted molar refractivity (Wildman–Crippen MR) is 71.4 cm³/mol. The minimum Gasteiger partial charge on any atom is -0.463 e. The molecule has 0 saturated heterocycles. The van der Waals surface area contributed by atoms with Crippen molar-refractivity contribution >= 4 is 17.7 Å². The van der Waals surface area contributed by atoms with Gasteiger partial charge in [-0.15, -0.1) is 0 Å². The first-order valence-corrected chi connectivity index (χ1v) is 7.01. The zero-order valence-corrected chi connectivity index (χ0v) is 12.4. The molecule has 5 nitrogen and oxygen atoms in total. The third-order valence-electron chi connectivity index (χ3n) is 2.52. The molecule has 0 fully saturated rings. The van der Waals surface area contributed by atoms with Crippen LogP contribution in [0.4, 0.5) is 13.2 Å². The van der Waals surface area contributed by atoms with Crippen LogP contribution in [0.25, 0.3) is 0 Å². The molecule has 2 aromatic heterocycles. The monoisotopic (exact) mass is 332 g/mol. The van der Waals surface area contributed by atoms with Crippen LogP contribution >= 0.6 is 11.8 Å². The molecular weight excluding hydrogens is 321 g/mol. The average molecular weight is 332 g/mol. The lowest BCUT2D eigenvalue weighted by molar-refractivity contribution is -0.141. The topological polar surface area (TPSA) is 65.2 Å². The number of thioether (sulfide) groups is 1. The molecule has 2 heterocycles. The molecule has 0 aliphatic carbocycles. The van der Waals surface area contributed by atoms with Crippen molar-refractivity contribution in [2.24, 2.45) is 0 Å². The van der Waals surface area contributed by atoms with Crippen LogP contribution in [0.2, 0.25) is 0 Å². The molecule has 0 radical (unpaired) electrons. The molecule has 0 unspecified atom stereocenters. The number of methoxy groups -OCH3 is 1. The van der Waals surface area contributed by atoms with Crippen LogP contribution in [-0.2, 0) is 16.7 Å². The fourth-order valence-electron chi connectivity index (χ4n) is 1.55. The van der Waals surface area contributed by atoms with Gasteiger partial charge in [0.05, 0.1) is 12.9 Å². The maximum absolute atomic E-state index is 12.7. The summed E-state index contributed by atoms with van der Waals surface area (Å²) in [7, 11) is 1.22. The lowest BCUT2D eigenvalue weighted by Crippen LogP contribution is -2.10. The summed E-state index contributed by atoms with van der Waals surface area (Å²) in [5.74, 6) is 0.00306. The summed E-state index contributed by atoms with van der Waals surface area (Å²) in [6.07, 6.45) is -4.52. The molecule has 9 heteroatoms. The second kappa shape index (κ2) is 6.39. The number of nitrogens with zero attached hydrogens (tertiary/aromatic N) is 2. The predicted octanol–water partition coefficient (Wildman–Crippen LogP) is 3.48. The number of hydrogen-bond acceptors (Lipinski definition) is 6. The molecule has 118 valence electrons. The molecule has 2 aromatic rings. The molecule has 2 rings (SSSR count). The Bertz CT molecular complexity index is 685. The number of ether oxygens (including phenoxy) is 1. The van der Waals surface area contributed by atoms with E-state index in [1.54, 1.807) is 6.07 Å². The first kappa shape index (κ1) is 16.3. The van der Waals surface area contributed by atoms with E-state index in [1.807, 2.05) is 0 Å². The van der Waals surface area contributed by atoms with Crippen LogP contribution in [0.15, 0.2) is 27.8 Å². The van der Waals surface area contributed by atoms with Crippen LogP contribution in [0, 0.1) is 6.92 Å². The Hall–Kier alpha value is -2.03. The summed E-state index contributed by atoms with van der Waals surface area (Å²) in [4.78, 5) is 18.6. The lowest BCUT2D eigenvalue weighted by Gasteiger charge is -2.08. The summed E-state index contributed by atoms with van der Waals surface area (Å²) >= 11 is 0.983. The number of carbonyl (C=O) groups is 1. The minimum absolute atomic E-state index is 0.0108. The van der Waals surface area contributed by atoms with Crippen molar-refractivity contribution in [1.82, 2.24) is 9.97 Å². The van der Waals surface area contributed by atoms with Crippen LogP contribution in [-0.4, -0.2) is 23.0 Å². The van der Waals surface area contributed by atoms with Gasteiger partial charge in [-0.05, 0) is 25.1 Å². The van der Waals surface area contributed by atoms with Gasteiger partial charge in [-0.3, -0.25) is 0 Å².